The number of nitrogens with zero attached hydrogens (tertiary/aromatic N) is 3. The van der Waals surface area contributed by atoms with E-state index in [1.165, 1.54) is 18.5 Å². The van der Waals surface area contributed by atoms with Crippen LogP contribution < -0.4 is 10.1 Å². The molecular weight excluding hydrogens is 467 g/mol. The number of halogens is 1. The first kappa shape index (κ1) is 25.3. The Morgan fingerprint density at radius 2 is 1.82 bits per heavy atom. The highest BCUT2D eigenvalue weighted by molar-refractivity contribution is 7.90. The predicted molar refractivity (Wildman–Crippen MR) is 121 cm³/mol. The lowest BCUT2D eigenvalue weighted by Crippen LogP contribution is -2.44. The number of hydrogen-bond donors (Lipinski definition) is 1. The summed E-state index contributed by atoms with van der Waals surface area (Å²) in [5.41, 5.74) is -0.811. The maximum Gasteiger partial charge on any atom is 0.410 e. The minimum atomic E-state index is -3.57. The highest BCUT2D eigenvalue weighted by atomic mass is 32.2. The van der Waals surface area contributed by atoms with Crippen molar-refractivity contribution in [1.82, 2.24) is 14.9 Å². The van der Waals surface area contributed by atoms with Gasteiger partial charge in [-0.05, 0) is 39.0 Å². The third-order valence-electron chi connectivity index (χ3n) is 4.86. The van der Waals surface area contributed by atoms with Crippen LogP contribution in [0.4, 0.5) is 14.9 Å². The maximum atomic E-state index is 14.2. The molecule has 1 saturated heterocycles. The van der Waals surface area contributed by atoms with E-state index >= 15 is 0 Å². The van der Waals surface area contributed by atoms with Crippen molar-refractivity contribution in [3.8, 4) is 5.88 Å². The Morgan fingerprint density at radius 1 is 1.15 bits per heavy atom. The number of piperidine rings is 1. The minimum absolute atomic E-state index is 0.0707. The van der Waals surface area contributed by atoms with Gasteiger partial charge in [0.1, 0.15) is 23.2 Å². The second-order valence-corrected chi connectivity index (χ2v) is 10.9. The van der Waals surface area contributed by atoms with E-state index in [9.17, 15) is 22.4 Å². The quantitative estimate of drug-likeness (QED) is 0.672. The number of carbonyl (C=O) groups is 2. The Balaban J connectivity index is 1.54. The maximum absolute atomic E-state index is 14.2. The van der Waals surface area contributed by atoms with Gasteiger partial charge in [0.15, 0.2) is 9.84 Å². The van der Waals surface area contributed by atoms with Crippen LogP contribution in [-0.2, 0) is 14.6 Å². The van der Waals surface area contributed by atoms with Gasteiger partial charge in [-0.15, -0.1) is 0 Å². The van der Waals surface area contributed by atoms with Crippen LogP contribution in [0.2, 0.25) is 0 Å². The summed E-state index contributed by atoms with van der Waals surface area (Å²) < 4.78 is 48.4. The summed E-state index contributed by atoms with van der Waals surface area (Å²) in [7, 11) is -3.57. The van der Waals surface area contributed by atoms with Crippen LogP contribution in [0.15, 0.2) is 35.5 Å². The molecule has 2 heterocycles. The van der Waals surface area contributed by atoms with E-state index < -0.39 is 27.2 Å². The van der Waals surface area contributed by atoms with Crippen molar-refractivity contribution < 1.29 is 31.9 Å². The Kier molecular flexibility index (Phi) is 7.39. The summed E-state index contributed by atoms with van der Waals surface area (Å²) in [6, 6.07) is 3.20. The number of amides is 2. The predicted octanol–water partition coefficient (Wildman–Crippen LogP) is 3.05. The first-order chi connectivity index (χ1) is 15.8. The molecule has 1 aromatic heterocycles. The molecule has 0 saturated carbocycles. The van der Waals surface area contributed by atoms with Gasteiger partial charge >= 0.3 is 6.09 Å². The fourth-order valence-electron chi connectivity index (χ4n) is 3.16. The lowest BCUT2D eigenvalue weighted by atomic mass is 10.1. The number of carbonyl (C=O) groups excluding carboxylic acids is 2. The van der Waals surface area contributed by atoms with Crippen molar-refractivity contribution in [1.29, 1.82) is 0 Å². The Labute approximate surface area is 197 Å². The number of hydrogen-bond acceptors (Lipinski definition) is 8. The summed E-state index contributed by atoms with van der Waals surface area (Å²) in [6.07, 6.45) is 4.10. The van der Waals surface area contributed by atoms with Gasteiger partial charge < -0.3 is 19.7 Å². The average Bonchev–Trinajstić information content (AvgIpc) is 2.74. The SMILES string of the molecule is CC(C)(C)OC(=O)N1CCC(Oc2cnc(C(=O)Nc3ccc(S(C)(=O)=O)cc3F)cn2)CC1. The third-order valence-corrected chi connectivity index (χ3v) is 5.97. The lowest BCUT2D eigenvalue weighted by Gasteiger charge is -2.33. The van der Waals surface area contributed by atoms with Crippen molar-refractivity contribution in [2.24, 2.45) is 0 Å². The molecule has 1 fully saturated rings. The average molecular weight is 495 g/mol. The lowest BCUT2D eigenvalue weighted by molar-refractivity contribution is 0.0122. The molecule has 0 unspecified atom stereocenters. The molecule has 2 aromatic rings. The molecule has 184 valence electrons. The highest BCUT2D eigenvalue weighted by Crippen LogP contribution is 2.21. The summed E-state index contributed by atoms with van der Waals surface area (Å²) in [4.78, 5) is 34.0. The standard InChI is InChI=1S/C22H27FN4O6S/c1-22(2,3)33-21(29)27-9-7-14(8-10-27)32-19-13-24-18(12-25-19)20(28)26-17-6-5-15(11-16(17)23)34(4,30)31/h5-6,11-14H,7-10H2,1-4H3,(H,26,28). The van der Waals surface area contributed by atoms with Crippen LogP contribution in [0.3, 0.4) is 0 Å². The molecule has 0 bridgehead atoms. The van der Waals surface area contributed by atoms with E-state index in [4.69, 9.17) is 9.47 Å². The molecule has 0 aliphatic carbocycles. The number of benzene rings is 1. The Bertz CT molecular complexity index is 1160. The molecule has 0 atom stereocenters. The molecule has 1 aliphatic heterocycles. The monoisotopic (exact) mass is 494 g/mol. The molecule has 0 radical (unpaired) electrons. The molecule has 2 amide bonds. The molecule has 34 heavy (non-hydrogen) atoms. The normalized spacial score (nSPS) is 15.0. The van der Waals surface area contributed by atoms with E-state index in [0.29, 0.717) is 25.9 Å². The van der Waals surface area contributed by atoms with Gasteiger partial charge in [0, 0.05) is 32.2 Å². The van der Waals surface area contributed by atoms with Crippen molar-refractivity contribution >= 4 is 27.5 Å². The molecule has 1 aliphatic rings. The van der Waals surface area contributed by atoms with Crippen LogP contribution in [0.5, 0.6) is 5.88 Å². The van der Waals surface area contributed by atoms with Crippen LogP contribution in [0, 0.1) is 5.82 Å². The van der Waals surface area contributed by atoms with E-state index in [1.54, 1.807) is 4.90 Å². The van der Waals surface area contributed by atoms with Gasteiger partial charge in [0.2, 0.25) is 5.88 Å². The van der Waals surface area contributed by atoms with Crippen molar-refractivity contribution in [3.05, 3.63) is 42.1 Å². The number of ether oxygens (including phenoxy) is 2. The summed E-state index contributed by atoms with van der Waals surface area (Å²) >= 11 is 0. The number of nitrogens with one attached hydrogen (secondary N) is 1. The van der Waals surface area contributed by atoms with E-state index in [1.807, 2.05) is 20.8 Å². The largest absolute Gasteiger partial charge is 0.473 e. The number of rotatable bonds is 5. The number of anilines is 1. The zero-order chi connectivity index (χ0) is 25.1. The van der Waals surface area contributed by atoms with Crippen molar-refractivity contribution in [2.75, 3.05) is 24.7 Å². The zero-order valence-electron chi connectivity index (χ0n) is 19.4. The van der Waals surface area contributed by atoms with E-state index in [-0.39, 0.29) is 34.4 Å². The van der Waals surface area contributed by atoms with Crippen LogP contribution in [0.1, 0.15) is 44.1 Å². The first-order valence-corrected chi connectivity index (χ1v) is 12.5. The Hall–Kier alpha value is -3.28. The highest BCUT2D eigenvalue weighted by Gasteiger charge is 2.28. The second kappa shape index (κ2) is 9.92. The topological polar surface area (TPSA) is 128 Å². The first-order valence-electron chi connectivity index (χ1n) is 10.6. The third kappa shape index (κ3) is 6.86. The van der Waals surface area contributed by atoms with Gasteiger partial charge in [0.25, 0.3) is 5.91 Å². The van der Waals surface area contributed by atoms with Gasteiger partial charge in [-0.25, -0.2) is 27.6 Å². The van der Waals surface area contributed by atoms with Gasteiger partial charge in [-0.3, -0.25) is 4.79 Å². The zero-order valence-corrected chi connectivity index (χ0v) is 20.2. The number of likely N-dealkylation sites (tertiary alicyclic amines) is 1. The summed E-state index contributed by atoms with van der Waals surface area (Å²) in [5.74, 6) is -1.38. The fraction of sp³-hybridized carbons (Fsp3) is 0.455. The van der Waals surface area contributed by atoms with Crippen LogP contribution >= 0.6 is 0 Å². The van der Waals surface area contributed by atoms with Crippen molar-refractivity contribution in [3.63, 3.8) is 0 Å². The van der Waals surface area contributed by atoms with E-state index in [2.05, 4.69) is 15.3 Å². The Morgan fingerprint density at radius 3 is 2.35 bits per heavy atom. The summed E-state index contributed by atoms with van der Waals surface area (Å²) in [6.45, 7) is 6.41. The summed E-state index contributed by atoms with van der Waals surface area (Å²) in [5, 5.41) is 2.34. The van der Waals surface area contributed by atoms with Gasteiger partial charge in [-0.2, -0.15) is 0 Å². The molecule has 1 N–H and O–H groups in total. The molecule has 12 heteroatoms. The molecule has 0 spiro atoms. The molecule has 10 nitrogen and oxygen atoms in total. The number of aromatic nitrogens is 2. The molecular formula is C22H27FN4O6S. The van der Waals surface area contributed by atoms with E-state index in [0.717, 1.165) is 18.4 Å². The molecule has 3 rings (SSSR count). The molecule has 1 aromatic carbocycles. The van der Waals surface area contributed by atoms with Gasteiger partial charge in [-0.1, -0.05) is 0 Å². The fourth-order valence-corrected chi connectivity index (χ4v) is 3.79. The van der Waals surface area contributed by atoms with Crippen LogP contribution in [0.25, 0.3) is 0 Å². The number of sulfone groups is 1. The van der Waals surface area contributed by atoms with Crippen LogP contribution in [-0.4, -0.2) is 66.3 Å². The van der Waals surface area contributed by atoms with Crippen molar-refractivity contribution in [2.45, 2.75) is 50.2 Å². The van der Waals surface area contributed by atoms with Gasteiger partial charge in [0.05, 0.1) is 23.0 Å². The smallest absolute Gasteiger partial charge is 0.410 e. The minimum Gasteiger partial charge on any atom is -0.473 e. The second-order valence-electron chi connectivity index (χ2n) is 8.89.